The van der Waals surface area contributed by atoms with Crippen LogP contribution in [0.2, 0.25) is 0 Å². The van der Waals surface area contributed by atoms with E-state index >= 15 is 0 Å². The van der Waals surface area contributed by atoms with Crippen molar-refractivity contribution in [3.05, 3.63) is 115 Å². The van der Waals surface area contributed by atoms with E-state index in [2.05, 4.69) is 19.9 Å². The Labute approximate surface area is 233 Å². The van der Waals surface area contributed by atoms with Crippen LogP contribution in [0, 0.1) is 11.6 Å². The molecule has 0 unspecified atom stereocenters. The number of benzene rings is 4. The maximum absolute atomic E-state index is 15.0. The zero-order valence-corrected chi connectivity index (χ0v) is 22.5. The Morgan fingerprint density at radius 1 is 0.976 bits per heavy atom. The van der Waals surface area contributed by atoms with Gasteiger partial charge in [0, 0.05) is 28.1 Å². The number of hydrogen-bond acceptors (Lipinski definition) is 6. The molecule has 0 saturated heterocycles. The number of nitrogens with zero attached hydrogens (tertiary/aromatic N) is 5. The lowest BCUT2D eigenvalue weighted by Gasteiger charge is -2.35. The lowest BCUT2D eigenvalue weighted by atomic mass is 9.86. The Morgan fingerprint density at radius 3 is 2.56 bits per heavy atom. The fraction of sp³-hybridized carbons (Fsp3) is 0.138. The van der Waals surface area contributed by atoms with Crippen LogP contribution in [-0.2, 0) is 22.2 Å². The number of aromatic nitrogens is 5. The molecule has 0 bridgehead atoms. The Hall–Kier alpha value is -4.68. The number of fused-ring (bicyclic) bond motifs is 2. The standard InChI is InChI=1S/C29H24F2N6O3S/c1-19(29(38,16-36-18-32-17-34-36)25-11-9-22(30)14-26(25)31)37-27-12-10-23(13-21(27)15-33-37)35-41(39,40)28-8-4-6-20-5-2-3-7-24(20)28/h2-15,17-19,35,38H,16H2,1H3/t19-,29-/m1/s1. The zero-order chi connectivity index (χ0) is 28.8. The van der Waals surface area contributed by atoms with Crippen molar-refractivity contribution >= 4 is 37.4 Å². The van der Waals surface area contributed by atoms with Gasteiger partial charge in [0.2, 0.25) is 0 Å². The third-order valence-corrected chi connectivity index (χ3v) is 8.65. The molecule has 0 radical (unpaired) electrons. The molecule has 0 amide bonds. The minimum absolute atomic E-state index is 0.134. The highest BCUT2D eigenvalue weighted by Crippen LogP contribution is 2.38. The summed E-state index contributed by atoms with van der Waals surface area (Å²) in [6.07, 6.45) is 4.20. The van der Waals surface area contributed by atoms with Crippen LogP contribution in [0.15, 0.2) is 103 Å². The van der Waals surface area contributed by atoms with Crippen LogP contribution in [0.4, 0.5) is 14.5 Å². The summed E-state index contributed by atoms with van der Waals surface area (Å²) in [4.78, 5) is 4.05. The molecule has 0 aliphatic carbocycles. The van der Waals surface area contributed by atoms with E-state index in [9.17, 15) is 22.3 Å². The summed E-state index contributed by atoms with van der Waals surface area (Å²) in [6.45, 7) is 1.46. The number of hydrogen-bond donors (Lipinski definition) is 2. The van der Waals surface area contributed by atoms with E-state index < -0.39 is 33.3 Å². The minimum Gasteiger partial charge on any atom is -0.381 e. The summed E-state index contributed by atoms with van der Waals surface area (Å²) in [5.74, 6) is -1.69. The summed E-state index contributed by atoms with van der Waals surface area (Å²) in [5, 5.41) is 22.4. The van der Waals surface area contributed by atoms with Crippen molar-refractivity contribution in [3.8, 4) is 0 Å². The summed E-state index contributed by atoms with van der Waals surface area (Å²) in [6, 6.07) is 19.3. The van der Waals surface area contributed by atoms with Crippen LogP contribution < -0.4 is 4.72 Å². The number of rotatable bonds is 8. The van der Waals surface area contributed by atoms with Gasteiger partial charge in [-0.05, 0) is 42.6 Å². The van der Waals surface area contributed by atoms with Gasteiger partial charge in [0.05, 0.1) is 29.2 Å². The molecule has 0 saturated carbocycles. The topological polar surface area (TPSA) is 115 Å². The molecule has 2 heterocycles. The summed E-state index contributed by atoms with van der Waals surface area (Å²) in [5.41, 5.74) is -1.17. The second kappa shape index (κ2) is 10.1. The Morgan fingerprint density at radius 2 is 1.78 bits per heavy atom. The van der Waals surface area contributed by atoms with Crippen LogP contribution in [0.3, 0.4) is 0 Å². The highest BCUT2D eigenvalue weighted by atomic mass is 32.2. The molecule has 0 fully saturated rings. The number of anilines is 1. The largest absolute Gasteiger partial charge is 0.381 e. The SMILES string of the molecule is C[C@@H](n1ncc2cc(NS(=O)(=O)c3cccc4ccccc34)ccc21)[C@](O)(Cn1cncn1)c1ccc(F)cc1F. The smallest absolute Gasteiger partial charge is 0.262 e. The first kappa shape index (κ1) is 26.5. The number of sulfonamides is 1. The Balaban J connectivity index is 1.36. The van der Waals surface area contributed by atoms with Crippen LogP contribution in [0.25, 0.3) is 21.7 Å². The quantitative estimate of drug-likeness (QED) is 0.264. The average Bonchev–Trinajstić information content (AvgIpc) is 3.61. The van der Waals surface area contributed by atoms with Crippen LogP contribution >= 0.6 is 0 Å². The first-order chi connectivity index (χ1) is 19.7. The van der Waals surface area contributed by atoms with Gasteiger partial charge in [-0.25, -0.2) is 26.9 Å². The normalized spacial score (nSPS) is 14.2. The molecule has 6 aromatic rings. The number of nitrogens with one attached hydrogen (secondary N) is 1. The molecular formula is C29H24F2N6O3S. The average molecular weight is 575 g/mol. The van der Waals surface area contributed by atoms with Gasteiger partial charge in [-0.2, -0.15) is 10.2 Å². The molecule has 0 aliphatic heterocycles. The van der Waals surface area contributed by atoms with Crippen molar-refractivity contribution < 1.29 is 22.3 Å². The molecule has 0 aliphatic rings. The van der Waals surface area contributed by atoms with Gasteiger partial charge >= 0.3 is 0 Å². The Bertz CT molecular complexity index is 1990. The maximum Gasteiger partial charge on any atom is 0.262 e. The molecular weight excluding hydrogens is 550 g/mol. The lowest BCUT2D eigenvalue weighted by Crippen LogP contribution is -2.41. The monoisotopic (exact) mass is 574 g/mol. The van der Waals surface area contributed by atoms with Gasteiger partial charge in [0.1, 0.15) is 29.9 Å². The molecule has 12 heteroatoms. The highest BCUT2D eigenvalue weighted by Gasteiger charge is 2.41. The van der Waals surface area contributed by atoms with Crippen LogP contribution in [0.5, 0.6) is 0 Å². The van der Waals surface area contributed by atoms with Crippen molar-refractivity contribution in [2.24, 2.45) is 0 Å². The van der Waals surface area contributed by atoms with E-state index in [1.165, 1.54) is 34.3 Å². The van der Waals surface area contributed by atoms with Crippen molar-refractivity contribution in [2.75, 3.05) is 4.72 Å². The molecule has 2 aromatic heterocycles. The molecule has 9 nitrogen and oxygen atoms in total. The minimum atomic E-state index is -3.92. The fourth-order valence-electron chi connectivity index (χ4n) is 5.11. The molecule has 4 aromatic carbocycles. The lowest BCUT2D eigenvalue weighted by molar-refractivity contribution is -0.0354. The van der Waals surface area contributed by atoms with Gasteiger partial charge < -0.3 is 5.11 Å². The van der Waals surface area contributed by atoms with E-state index in [4.69, 9.17) is 0 Å². The van der Waals surface area contributed by atoms with Crippen LogP contribution in [-0.4, -0.2) is 38.1 Å². The van der Waals surface area contributed by atoms with E-state index in [1.807, 2.05) is 18.2 Å². The predicted octanol–water partition coefficient (Wildman–Crippen LogP) is 5.01. The molecule has 41 heavy (non-hydrogen) atoms. The van der Waals surface area contributed by atoms with Gasteiger partial charge in [-0.3, -0.25) is 9.40 Å². The summed E-state index contributed by atoms with van der Waals surface area (Å²) < 4.78 is 60.9. The van der Waals surface area contributed by atoms with Gasteiger partial charge in [0.25, 0.3) is 10.0 Å². The molecule has 2 N–H and O–H groups in total. The Kier molecular flexibility index (Phi) is 6.51. The van der Waals surface area contributed by atoms with Gasteiger partial charge in [-0.15, -0.1) is 0 Å². The molecule has 2 atom stereocenters. The van der Waals surface area contributed by atoms with E-state index in [-0.39, 0.29) is 17.0 Å². The van der Waals surface area contributed by atoms with Crippen molar-refractivity contribution in [1.29, 1.82) is 0 Å². The van der Waals surface area contributed by atoms with Crippen LogP contribution in [0.1, 0.15) is 18.5 Å². The summed E-state index contributed by atoms with van der Waals surface area (Å²) >= 11 is 0. The second-order valence-electron chi connectivity index (χ2n) is 9.76. The van der Waals surface area contributed by atoms with E-state index in [0.29, 0.717) is 28.0 Å². The zero-order valence-electron chi connectivity index (χ0n) is 21.7. The van der Waals surface area contributed by atoms with Crippen molar-refractivity contribution in [1.82, 2.24) is 24.5 Å². The first-order valence-corrected chi connectivity index (χ1v) is 14.1. The fourth-order valence-corrected chi connectivity index (χ4v) is 6.39. The van der Waals surface area contributed by atoms with Crippen molar-refractivity contribution in [2.45, 2.75) is 30.0 Å². The summed E-state index contributed by atoms with van der Waals surface area (Å²) in [7, 11) is -3.92. The van der Waals surface area contributed by atoms with Gasteiger partial charge in [0.15, 0.2) is 0 Å². The second-order valence-corrected chi connectivity index (χ2v) is 11.4. The third-order valence-electron chi connectivity index (χ3n) is 7.21. The number of halogens is 2. The first-order valence-electron chi connectivity index (χ1n) is 12.6. The third kappa shape index (κ3) is 4.81. The highest BCUT2D eigenvalue weighted by molar-refractivity contribution is 7.93. The van der Waals surface area contributed by atoms with Gasteiger partial charge in [-0.1, -0.05) is 42.5 Å². The molecule has 208 valence electrons. The molecule has 6 rings (SSSR count). The van der Waals surface area contributed by atoms with E-state index in [1.54, 1.807) is 49.4 Å². The molecule has 0 spiro atoms. The number of aliphatic hydroxyl groups is 1. The predicted molar refractivity (Wildman–Crippen MR) is 149 cm³/mol. The van der Waals surface area contributed by atoms with Crippen molar-refractivity contribution in [3.63, 3.8) is 0 Å². The maximum atomic E-state index is 15.0. The van der Waals surface area contributed by atoms with E-state index in [0.717, 1.165) is 11.5 Å².